The fraction of sp³-hybridized carbons (Fsp3) is 0.385. The Morgan fingerprint density at radius 2 is 2.17 bits per heavy atom. The molecule has 1 aromatic carbocycles. The van der Waals surface area contributed by atoms with E-state index in [0.717, 1.165) is 14.9 Å². The van der Waals surface area contributed by atoms with Crippen LogP contribution in [0.15, 0.2) is 23.2 Å². The Kier molecular flexibility index (Phi) is 4.01. The predicted octanol–water partition coefficient (Wildman–Crippen LogP) is 3.35. The molecule has 0 radical (unpaired) electrons. The van der Waals surface area contributed by atoms with Gasteiger partial charge in [-0.1, -0.05) is 6.07 Å². The molecule has 1 aliphatic rings. The number of esters is 1. The minimum Gasteiger partial charge on any atom is -0.403 e. The Morgan fingerprint density at radius 1 is 1.44 bits per heavy atom. The number of cyclic esters (lactones) is 1. The molecule has 0 fully saturated rings. The lowest BCUT2D eigenvalue weighted by molar-refractivity contribution is 0.0736. The van der Waals surface area contributed by atoms with E-state index >= 15 is 0 Å². The van der Waals surface area contributed by atoms with Crippen LogP contribution < -0.4 is 0 Å². The molecule has 1 aromatic rings. The molecule has 5 heteroatoms. The predicted molar refractivity (Wildman–Crippen MR) is 83.6 cm³/mol. The molecule has 0 bridgehead atoms. The average molecular weight is 375 g/mol. The van der Waals surface area contributed by atoms with Crippen LogP contribution in [-0.4, -0.2) is 29.4 Å². The van der Waals surface area contributed by atoms with E-state index in [9.17, 15) is 4.79 Å². The van der Waals surface area contributed by atoms with Crippen LogP contribution in [-0.2, 0) is 4.74 Å². The first-order valence-corrected chi connectivity index (χ1v) is 8.02. The van der Waals surface area contributed by atoms with E-state index in [2.05, 4.69) is 27.6 Å². The molecule has 3 nitrogen and oxygen atoms in total. The summed E-state index contributed by atoms with van der Waals surface area (Å²) in [5, 5.41) is 0. The SMILES string of the molecule is CSCC(C)(C)N=C1OC(=O)c2cccc(I)c21. The van der Waals surface area contributed by atoms with Gasteiger partial charge in [0.15, 0.2) is 0 Å². The van der Waals surface area contributed by atoms with Gasteiger partial charge in [-0.25, -0.2) is 9.79 Å². The summed E-state index contributed by atoms with van der Waals surface area (Å²) in [6.07, 6.45) is 2.04. The molecule has 0 amide bonds. The molecular weight excluding hydrogens is 361 g/mol. The van der Waals surface area contributed by atoms with E-state index in [1.54, 1.807) is 17.8 Å². The molecule has 1 aliphatic heterocycles. The van der Waals surface area contributed by atoms with Crippen molar-refractivity contribution < 1.29 is 9.53 Å². The second kappa shape index (κ2) is 5.21. The molecule has 0 saturated heterocycles. The van der Waals surface area contributed by atoms with Crippen molar-refractivity contribution in [3.63, 3.8) is 0 Å². The molecule has 0 spiro atoms. The van der Waals surface area contributed by atoms with Gasteiger partial charge in [0.05, 0.1) is 16.7 Å². The van der Waals surface area contributed by atoms with Gasteiger partial charge < -0.3 is 4.74 Å². The van der Waals surface area contributed by atoms with Crippen molar-refractivity contribution in [1.82, 2.24) is 0 Å². The number of fused-ring (bicyclic) bond motifs is 1. The number of hydrogen-bond donors (Lipinski definition) is 0. The van der Waals surface area contributed by atoms with Crippen LogP contribution in [0, 0.1) is 3.57 Å². The normalized spacial score (nSPS) is 16.9. The Hall–Kier alpha value is -0.560. The molecular formula is C13H14INO2S. The Bertz CT molecular complexity index is 526. The van der Waals surface area contributed by atoms with Gasteiger partial charge in [0, 0.05) is 9.32 Å². The highest BCUT2D eigenvalue weighted by Crippen LogP contribution is 2.27. The second-order valence-corrected chi connectivity index (χ2v) is 6.74. The van der Waals surface area contributed by atoms with Crippen molar-refractivity contribution in [1.29, 1.82) is 0 Å². The van der Waals surface area contributed by atoms with Gasteiger partial charge in [-0.3, -0.25) is 0 Å². The second-order valence-electron chi connectivity index (χ2n) is 4.71. The fourth-order valence-corrected chi connectivity index (χ4v) is 3.34. The third-order valence-corrected chi connectivity index (χ3v) is 4.43. The van der Waals surface area contributed by atoms with Crippen LogP contribution in [0.1, 0.15) is 29.8 Å². The standard InChI is InChI=1S/C13H14INO2S/c1-13(2,7-18-3)15-11-10-8(12(16)17-11)5-4-6-9(10)14/h4-6H,7H2,1-3H3. The highest BCUT2D eigenvalue weighted by atomic mass is 127. The van der Waals surface area contributed by atoms with E-state index < -0.39 is 0 Å². The molecule has 2 rings (SSSR count). The maximum atomic E-state index is 11.8. The summed E-state index contributed by atoms with van der Waals surface area (Å²) in [6.45, 7) is 4.08. The van der Waals surface area contributed by atoms with E-state index in [0.29, 0.717) is 11.5 Å². The van der Waals surface area contributed by atoms with Gasteiger partial charge in [0.2, 0.25) is 5.90 Å². The summed E-state index contributed by atoms with van der Waals surface area (Å²) in [7, 11) is 0. The molecule has 0 N–H and O–H groups in total. The number of carbonyl (C=O) groups is 1. The van der Waals surface area contributed by atoms with E-state index in [-0.39, 0.29) is 11.5 Å². The van der Waals surface area contributed by atoms with Gasteiger partial charge in [0.25, 0.3) is 0 Å². The number of carbonyl (C=O) groups excluding carboxylic acids is 1. The smallest absolute Gasteiger partial charge is 0.345 e. The monoisotopic (exact) mass is 375 g/mol. The van der Waals surface area contributed by atoms with Crippen LogP contribution >= 0.6 is 34.4 Å². The quantitative estimate of drug-likeness (QED) is 0.601. The third-order valence-electron chi connectivity index (χ3n) is 2.54. The average Bonchev–Trinajstić information content (AvgIpc) is 2.56. The van der Waals surface area contributed by atoms with Gasteiger partial charge in [0.1, 0.15) is 0 Å². The molecule has 0 atom stereocenters. The largest absolute Gasteiger partial charge is 0.403 e. The molecule has 0 unspecified atom stereocenters. The molecule has 18 heavy (non-hydrogen) atoms. The van der Waals surface area contributed by atoms with Crippen LogP contribution in [0.2, 0.25) is 0 Å². The number of halogens is 1. The number of nitrogens with zero attached hydrogens (tertiary/aromatic N) is 1. The number of hydrogen-bond acceptors (Lipinski definition) is 4. The lowest BCUT2D eigenvalue weighted by Crippen LogP contribution is -2.23. The van der Waals surface area contributed by atoms with Gasteiger partial charge in [-0.05, 0) is 54.8 Å². The van der Waals surface area contributed by atoms with Crippen molar-refractivity contribution in [3.8, 4) is 0 Å². The number of thioether (sulfide) groups is 1. The van der Waals surface area contributed by atoms with Crippen LogP contribution in [0.25, 0.3) is 0 Å². The van der Waals surface area contributed by atoms with Gasteiger partial charge >= 0.3 is 5.97 Å². The maximum absolute atomic E-state index is 11.8. The zero-order valence-corrected chi connectivity index (χ0v) is 13.5. The zero-order valence-electron chi connectivity index (χ0n) is 10.5. The summed E-state index contributed by atoms with van der Waals surface area (Å²) in [5.74, 6) is 1.04. The molecule has 0 aliphatic carbocycles. The summed E-state index contributed by atoms with van der Waals surface area (Å²) in [5.41, 5.74) is 1.20. The summed E-state index contributed by atoms with van der Waals surface area (Å²) in [4.78, 5) is 16.4. The van der Waals surface area contributed by atoms with Crippen molar-refractivity contribution in [2.45, 2.75) is 19.4 Å². The Labute approximate surface area is 125 Å². The van der Waals surface area contributed by atoms with E-state index in [4.69, 9.17) is 4.74 Å². The zero-order chi connectivity index (χ0) is 13.3. The summed E-state index contributed by atoms with van der Waals surface area (Å²) < 4.78 is 6.29. The van der Waals surface area contributed by atoms with E-state index in [1.807, 2.05) is 32.2 Å². The first-order valence-electron chi connectivity index (χ1n) is 5.54. The van der Waals surface area contributed by atoms with Crippen molar-refractivity contribution in [3.05, 3.63) is 32.9 Å². The topological polar surface area (TPSA) is 38.7 Å². The maximum Gasteiger partial charge on any atom is 0.345 e. The van der Waals surface area contributed by atoms with Gasteiger partial charge in [-0.2, -0.15) is 11.8 Å². The van der Waals surface area contributed by atoms with Crippen LogP contribution in [0.5, 0.6) is 0 Å². The van der Waals surface area contributed by atoms with Crippen molar-refractivity contribution in [2.24, 2.45) is 4.99 Å². The van der Waals surface area contributed by atoms with Gasteiger partial charge in [-0.15, -0.1) is 0 Å². The number of benzene rings is 1. The number of aliphatic imine (C=N–C) groups is 1. The number of ether oxygens (including phenoxy) is 1. The minimum absolute atomic E-state index is 0.241. The fourth-order valence-electron chi connectivity index (χ4n) is 1.84. The van der Waals surface area contributed by atoms with E-state index in [1.165, 1.54) is 0 Å². The minimum atomic E-state index is -0.304. The van der Waals surface area contributed by atoms with Crippen molar-refractivity contribution in [2.75, 3.05) is 12.0 Å². The third kappa shape index (κ3) is 2.71. The summed E-state index contributed by atoms with van der Waals surface area (Å²) in [6, 6.07) is 5.60. The molecule has 0 saturated carbocycles. The van der Waals surface area contributed by atoms with Crippen LogP contribution in [0.4, 0.5) is 0 Å². The first kappa shape index (κ1) is 13.9. The highest BCUT2D eigenvalue weighted by Gasteiger charge is 2.31. The molecule has 0 aromatic heterocycles. The highest BCUT2D eigenvalue weighted by molar-refractivity contribution is 14.1. The molecule has 1 heterocycles. The van der Waals surface area contributed by atoms with Crippen molar-refractivity contribution >= 4 is 46.2 Å². The Balaban J connectivity index is 2.46. The van der Waals surface area contributed by atoms with Crippen LogP contribution in [0.3, 0.4) is 0 Å². The Morgan fingerprint density at radius 3 is 2.83 bits per heavy atom. The first-order chi connectivity index (χ1) is 8.44. The lowest BCUT2D eigenvalue weighted by Gasteiger charge is -2.18. The number of rotatable bonds is 3. The molecule has 96 valence electrons. The lowest BCUT2D eigenvalue weighted by atomic mass is 10.1. The summed E-state index contributed by atoms with van der Waals surface area (Å²) >= 11 is 3.93.